The van der Waals surface area contributed by atoms with Gasteiger partial charge in [0.1, 0.15) is 12.4 Å². The number of nitrogens with zero attached hydrogens (tertiary/aromatic N) is 3. The molecule has 0 bridgehead atoms. The number of hydrogen-bond acceptors (Lipinski definition) is 3. The highest BCUT2D eigenvalue weighted by molar-refractivity contribution is 5.96. The molecule has 1 atom stereocenters. The molecule has 144 valence electrons. The minimum atomic E-state index is -1.05. The topological polar surface area (TPSA) is 75.4 Å². The number of aromatic nitrogens is 2. The zero-order valence-corrected chi connectivity index (χ0v) is 15.6. The number of carbonyl (C=O) groups is 2. The van der Waals surface area contributed by atoms with Crippen molar-refractivity contribution < 1.29 is 19.1 Å². The summed E-state index contributed by atoms with van der Waals surface area (Å²) in [5.41, 5.74) is 2.62. The molecule has 0 saturated heterocycles. The van der Waals surface area contributed by atoms with E-state index in [1.807, 2.05) is 13.8 Å². The number of aliphatic carboxylic acids is 1. The zero-order valence-electron chi connectivity index (χ0n) is 15.6. The summed E-state index contributed by atoms with van der Waals surface area (Å²) in [5.74, 6) is -1.80. The Hall–Kier alpha value is -2.70. The van der Waals surface area contributed by atoms with Gasteiger partial charge in [-0.1, -0.05) is 13.0 Å². The van der Waals surface area contributed by atoms with E-state index in [-0.39, 0.29) is 30.0 Å². The van der Waals surface area contributed by atoms with Crippen LogP contribution in [0.5, 0.6) is 0 Å². The standard InChI is InChI=1S/C20H24FN3O3/c1-3-13(2)23(12-18(25)26)20(27)19-16-9-4-5-10-17(16)24(22-19)15-8-6-7-14(21)11-15/h6-8,11,13H,3-5,9-10,12H2,1-2H3,(H,25,26). The molecule has 1 heterocycles. The highest BCUT2D eigenvalue weighted by Crippen LogP contribution is 2.28. The van der Waals surface area contributed by atoms with Crippen molar-refractivity contribution >= 4 is 11.9 Å². The molecule has 2 aromatic rings. The number of benzene rings is 1. The number of carboxylic acid groups (broad SMARTS) is 1. The molecule has 0 aliphatic heterocycles. The van der Waals surface area contributed by atoms with Crippen LogP contribution in [0.15, 0.2) is 24.3 Å². The lowest BCUT2D eigenvalue weighted by atomic mass is 9.95. The SMILES string of the molecule is CCC(C)N(CC(=O)O)C(=O)c1nn(-c2cccc(F)c2)c2c1CCCC2. The molecular formula is C20H24FN3O3. The lowest BCUT2D eigenvalue weighted by molar-refractivity contribution is -0.138. The van der Waals surface area contributed by atoms with Crippen LogP contribution in [0, 0.1) is 5.82 Å². The Bertz CT molecular complexity index is 862. The van der Waals surface area contributed by atoms with Gasteiger partial charge in [-0.05, 0) is 57.2 Å². The second kappa shape index (κ2) is 7.90. The molecule has 7 heteroatoms. The first kappa shape index (κ1) is 19.1. The van der Waals surface area contributed by atoms with Crippen LogP contribution in [-0.2, 0) is 17.6 Å². The summed E-state index contributed by atoms with van der Waals surface area (Å²) >= 11 is 0. The second-order valence-electron chi connectivity index (χ2n) is 6.96. The predicted octanol–water partition coefficient (Wildman–Crippen LogP) is 3.22. The summed E-state index contributed by atoms with van der Waals surface area (Å²) in [5, 5.41) is 13.7. The molecule has 3 rings (SSSR count). The van der Waals surface area contributed by atoms with Crippen LogP contribution in [0.25, 0.3) is 5.69 Å². The Balaban J connectivity index is 2.07. The number of carboxylic acids is 1. The zero-order chi connectivity index (χ0) is 19.6. The molecule has 1 N–H and O–H groups in total. The van der Waals surface area contributed by atoms with E-state index in [1.54, 1.807) is 16.8 Å². The van der Waals surface area contributed by atoms with E-state index in [0.29, 0.717) is 18.5 Å². The summed E-state index contributed by atoms with van der Waals surface area (Å²) in [6.07, 6.45) is 4.05. The van der Waals surface area contributed by atoms with Crippen molar-refractivity contribution in [1.82, 2.24) is 14.7 Å². The van der Waals surface area contributed by atoms with Crippen LogP contribution in [0.3, 0.4) is 0 Å². The fourth-order valence-corrected chi connectivity index (χ4v) is 3.52. The number of fused-ring (bicyclic) bond motifs is 1. The number of rotatable bonds is 6. The lowest BCUT2D eigenvalue weighted by Crippen LogP contribution is -2.42. The quantitative estimate of drug-likeness (QED) is 0.844. The molecule has 0 radical (unpaired) electrons. The van der Waals surface area contributed by atoms with Crippen LogP contribution in [-0.4, -0.2) is 44.3 Å². The Labute approximate surface area is 157 Å². The summed E-state index contributed by atoms with van der Waals surface area (Å²) in [6, 6.07) is 5.90. The van der Waals surface area contributed by atoms with Gasteiger partial charge in [0.15, 0.2) is 5.69 Å². The first-order chi connectivity index (χ1) is 12.9. The van der Waals surface area contributed by atoms with E-state index in [1.165, 1.54) is 17.0 Å². The van der Waals surface area contributed by atoms with E-state index in [0.717, 1.165) is 30.5 Å². The van der Waals surface area contributed by atoms with Crippen molar-refractivity contribution in [3.8, 4) is 5.69 Å². The fourth-order valence-electron chi connectivity index (χ4n) is 3.52. The summed E-state index contributed by atoms with van der Waals surface area (Å²) in [6.45, 7) is 3.37. The van der Waals surface area contributed by atoms with Gasteiger partial charge in [0.05, 0.1) is 5.69 Å². The van der Waals surface area contributed by atoms with Crippen molar-refractivity contribution in [3.05, 3.63) is 47.0 Å². The first-order valence-corrected chi connectivity index (χ1v) is 9.31. The highest BCUT2D eigenvalue weighted by Gasteiger charge is 2.31. The third-order valence-electron chi connectivity index (χ3n) is 5.12. The Morgan fingerprint density at radius 1 is 1.33 bits per heavy atom. The van der Waals surface area contributed by atoms with Crippen LogP contribution >= 0.6 is 0 Å². The van der Waals surface area contributed by atoms with Gasteiger partial charge in [0, 0.05) is 17.3 Å². The molecule has 0 saturated carbocycles. The summed E-state index contributed by atoms with van der Waals surface area (Å²) in [4.78, 5) is 25.8. The minimum absolute atomic E-state index is 0.216. The van der Waals surface area contributed by atoms with Crippen molar-refractivity contribution in [1.29, 1.82) is 0 Å². The van der Waals surface area contributed by atoms with Gasteiger partial charge in [0.25, 0.3) is 5.91 Å². The van der Waals surface area contributed by atoms with E-state index >= 15 is 0 Å². The van der Waals surface area contributed by atoms with Gasteiger partial charge >= 0.3 is 5.97 Å². The van der Waals surface area contributed by atoms with Crippen molar-refractivity contribution in [3.63, 3.8) is 0 Å². The lowest BCUT2D eigenvalue weighted by Gasteiger charge is -2.26. The largest absolute Gasteiger partial charge is 0.480 e. The Kier molecular flexibility index (Phi) is 5.58. The minimum Gasteiger partial charge on any atom is -0.480 e. The summed E-state index contributed by atoms with van der Waals surface area (Å²) < 4.78 is 15.3. The van der Waals surface area contributed by atoms with E-state index < -0.39 is 5.97 Å². The van der Waals surface area contributed by atoms with Crippen molar-refractivity contribution in [2.45, 2.75) is 52.0 Å². The molecule has 1 aromatic heterocycles. The van der Waals surface area contributed by atoms with Gasteiger partial charge in [-0.3, -0.25) is 9.59 Å². The van der Waals surface area contributed by atoms with Gasteiger partial charge < -0.3 is 10.0 Å². The molecule has 27 heavy (non-hydrogen) atoms. The number of amides is 1. The number of halogens is 1. The predicted molar refractivity (Wildman–Crippen MR) is 98.6 cm³/mol. The third kappa shape index (κ3) is 3.86. The average molecular weight is 373 g/mol. The smallest absolute Gasteiger partial charge is 0.323 e. The van der Waals surface area contributed by atoms with E-state index in [2.05, 4.69) is 5.10 Å². The number of hydrogen-bond donors (Lipinski definition) is 1. The first-order valence-electron chi connectivity index (χ1n) is 9.31. The van der Waals surface area contributed by atoms with E-state index in [9.17, 15) is 19.1 Å². The maximum atomic E-state index is 13.7. The van der Waals surface area contributed by atoms with Crippen LogP contribution in [0.1, 0.15) is 54.9 Å². The van der Waals surface area contributed by atoms with E-state index in [4.69, 9.17) is 0 Å². The van der Waals surface area contributed by atoms with Crippen molar-refractivity contribution in [2.24, 2.45) is 0 Å². The Morgan fingerprint density at radius 2 is 2.07 bits per heavy atom. The van der Waals surface area contributed by atoms with Crippen LogP contribution in [0.2, 0.25) is 0 Å². The van der Waals surface area contributed by atoms with Crippen molar-refractivity contribution in [2.75, 3.05) is 6.54 Å². The molecule has 1 amide bonds. The molecule has 1 aliphatic carbocycles. The maximum absolute atomic E-state index is 13.7. The molecule has 6 nitrogen and oxygen atoms in total. The van der Waals surface area contributed by atoms with Gasteiger partial charge in [-0.25, -0.2) is 9.07 Å². The molecule has 0 fully saturated rings. The molecular weight excluding hydrogens is 349 g/mol. The highest BCUT2D eigenvalue weighted by atomic mass is 19.1. The Morgan fingerprint density at radius 3 is 2.74 bits per heavy atom. The van der Waals surface area contributed by atoms with Gasteiger partial charge in [0.2, 0.25) is 0 Å². The summed E-state index contributed by atoms with van der Waals surface area (Å²) in [7, 11) is 0. The van der Waals surface area contributed by atoms with Crippen LogP contribution in [0.4, 0.5) is 4.39 Å². The van der Waals surface area contributed by atoms with Gasteiger partial charge in [-0.2, -0.15) is 5.10 Å². The monoisotopic (exact) mass is 373 g/mol. The fraction of sp³-hybridized carbons (Fsp3) is 0.450. The molecule has 1 unspecified atom stereocenters. The van der Waals surface area contributed by atoms with Gasteiger partial charge in [-0.15, -0.1) is 0 Å². The second-order valence-corrected chi connectivity index (χ2v) is 6.96. The average Bonchev–Trinajstić information content (AvgIpc) is 3.04. The molecule has 1 aliphatic rings. The third-order valence-corrected chi connectivity index (χ3v) is 5.12. The maximum Gasteiger partial charge on any atom is 0.323 e. The van der Waals surface area contributed by atoms with Crippen LogP contribution < -0.4 is 0 Å². The normalized spacial score (nSPS) is 14.5. The number of carbonyl (C=O) groups excluding carboxylic acids is 1. The molecule has 1 aromatic carbocycles. The molecule has 0 spiro atoms.